The molecule has 0 aromatic carbocycles. The summed E-state index contributed by atoms with van der Waals surface area (Å²) in [7, 11) is 0. The van der Waals surface area contributed by atoms with E-state index in [4.69, 9.17) is 5.73 Å². The number of thiophene rings is 1. The van der Waals surface area contributed by atoms with Crippen molar-refractivity contribution in [2.45, 2.75) is 32.6 Å². The molecule has 1 nitrogen and oxygen atoms in total. The molecule has 0 aliphatic carbocycles. The maximum absolute atomic E-state index is 5.76. The van der Waals surface area contributed by atoms with E-state index in [9.17, 15) is 0 Å². The Bertz CT molecular complexity index is 234. The minimum atomic E-state index is 0.684. The Balaban J connectivity index is 2.86. The Morgan fingerprint density at radius 2 is 2.08 bits per heavy atom. The van der Waals surface area contributed by atoms with Crippen LogP contribution in [0.2, 0.25) is 0 Å². The minimum absolute atomic E-state index is 0.684. The summed E-state index contributed by atoms with van der Waals surface area (Å²) in [5.74, 6) is 0.684. The normalized spacial score (nSPS) is 11.0. The van der Waals surface area contributed by atoms with Crippen molar-refractivity contribution < 1.29 is 0 Å². The summed E-state index contributed by atoms with van der Waals surface area (Å²) in [6.45, 7) is 4.44. The molecule has 1 aromatic rings. The van der Waals surface area contributed by atoms with Crippen molar-refractivity contribution in [3.8, 4) is 0 Å². The predicted octanol–water partition coefficient (Wildman–Crippen LogP) is 4.00. The quantitative estimate of drug-likeness (QED) is 0.859. The van der Waals surface area contributed by atoms with E-state index in [0.717, 1.165) is 9.47 Å². The lowest BCUT2D eigenvalue weighted by molar-refractivity contribution is 0.653. The molecule has 1 heterocycles. The number of halogens is 1. The summed E-state index contributed by atoms with van der Waals surface area (Å²) in [5, 5.41) is 0.900. The van der Waals surface area contributed by atoms with Gasteiger partial charge < -0.3 is 5.73 Å². The molecular formula is C9H14BrNS. The van der Waals surface area contributed by atoms with Gasteiger partial charge in [-0.1, -0.05) is 13.8 Å². The van der Waals surface area contributed by atoms with E-state index < -0.39 is 0 Å². The molecule has 0 spiro atoms. The first-order valence-corrected chi connectivity index (χ1v) is 5.84. The third-order valence-electron chi connectivity index (χ3n) is 2.12. The third kappa shape index (κ3) is 2.02. The predicted molar refractivity (Wildman–Crippen MR) is 59.8 cm³/mol. The van der Waals surface area contributed by atoms with Crippen LogP contribution in [0.1, 0.15) is 37.5 Å². The Kier molecular flexibility index (Phi) is 3.59. The number of rotatable bonds is 3. The average Bonchev–Trinajstić information content (AvgIpc) is 2.35. The second kappa shape index (κ2) is 4.28. The van der Waals surface area contributed by atoms with E-state index in [0.29, 0.717) is 5.92 Å². The topological polar surface area (TPSA) is 26.0 Å². The standard InChI is InChI=1S/C9H14BrNS/c1-3-6(4-2)8-5-7(10)9(11)12-8/h5-6H,3-4,11H2,1-2H3. The van der Waals surface area contributed by atoms with Gasteiger partial charge in [-0.05, 0) is 40.8 Å². The van der Waals surface area contributed by atoms with E-state index in [1.165, 1.54) is 17.7 Å². The van der Waals surface area contributed by atoms with Crippen molar-refractivity contribution in [3.05, 3.63) is 15.4 Å². The van der Waals surface area contributed by atoms with Gasteiger partial charge in [-0.25, -0.2) is 0 Å². The molecule has 0 aliphatic heterocycles. The number of nitrogens with two attached hydrogens (primary N) is 1. The SMILES string of the molecule is CCC(CC)c1cc(Br)c(N)s1. The van der Waals surface area contributed by atoms with Gasteiger partial charge in [0.1, 0.15) is 5.00 Å². The molecule has 2 N–H and O–H groups in total. The summed E-state index contributed by atoms with van der Waals surface area (Å²) in [6, 6.07) is 2.15. The molecule has 12 heavy (non-hydrogen) atoms. The Hall–Kier alpha value is -0.0200. The third-order valence-corrected chi connectivity index (χ3v) is 4.17. The van der Waals surface area contributed by atoms with Crippen LogP contribution < -0.4 is 5.73 Å². The van der Waals surface area contributed by atoms with Crippen molar-refractivity contribution in [2.24, 2.45) is 0 Å². The fourth-order valence-corrected chi connectivity index (χ4v) is 3.02. The highest BCUT2D eigenvalue weighted by Crippen LogP contribution is 2.36. The Morgan fingerprint density at radius 3 is 2.42 bits per heavy atom. The molecular weight excluding hydrogens is 234 g/mol. The van der Waals surface area contributed by atoms with Crippen LogP contribution in [0.5, 0.6) is 0 Å². The molecule has 0 amide bonds. The van der Waals surface area contributed by atoms with Crippen molar-refractivity contribution in [1.29, 1.82) is 0 Å². The van der Waals surface area contributed by atoms with Gasteiger partial charge >= 0.3 is 0 Å². The van der Waals surface area contributed by atoms with Gasteiger partial charge in [-0.2, -0.15) is 0 Å². The summed E-state index contributed by atoms with van der Waals surface area (Å²) in [5.41, 5.74) is 5.76. The van der Waals surface area contributed by atoms with E-state index in [1.807, 2.05) is 0 Å². The van der Waals surface area contributed by atoms with Crippen LogP contribution in [0.25, 0.3) is 0 Å². The fraction of sp³-hybridized carbons (Fsp3) is 0.556. The highest BCUT2D eigenvalue weighted by Gasteiger charge is 2.11. The van der Waals surface area contributed by atoms with Crippen LogP contribution in [-0.2, 0) is 0 Å². The van der Waals surface area contributed by atoms with Gasteiger partial charge in [0, 0.05) is 4.88 Å². The van der Waals surface area contributed by atoms with Crippen LogP contribution >= 0.6 is 27.3 Å². The van der Waals surface area contributed by atoms with Crippen LogP contribution in [0.15, 0.2) is 10.5 Å². The fourth-order valence-electron chi connectivity index (χ4n) is 1.29. The molecule has 0 radical (unpaired) electrons. The van der Waals surface area contributed by atoms with Crippen LogP contribution in [0.4, 0.5) is 5.00 Å². The van der Waals surface area contributed by atoms with Crippen LogP contribution in [0.3, 0.4) is 0 Å². The average molecular weight is 248 g/mol. The van der Waals surface area contributed by atoms with Gasteiger partial charge in [0.2, 0.25) is 0 Å². The van der Waals surface area contributed by atoms with Gasteiger partial charge in [0.25, 0.3) is 0 Å². The van der Waals surface area contributed by atoms with Crippen molar-refractivity contribution >= 4 is 32.3 Å². The van der Waals surface area contributed by atoms with Crippen molar-refractivity contribution in [3.63, 3.8) is 0 Å². The largest absolute Gasteiger partial charge is 0.390 e. The number of anilines is 1. The Morgan fingerprint density at radius 1 is 1.50 bits per heavy atom. The molecule has 0 fully saturated rings. The van der Waals surface area contributed by atoms with E-state index in [2.05, 4.69) is 35.8 Å². The number of hydrogen-bond acceptors (Lipinski definition) is 2. The highest BCUT2D eigenvalue weighted by atomic mass is 79.9. The van der Waals surface area contributed by atoms with Crippen LogP contribution in [-0.4, -0.2) is 0 Å². The molecule has 1 aromatic heterocycles. The first kappa shape index (κ1) is 10.1. The monoisotopic (exact) mass is 247 g/mol. The Labute approximate surface area is 86.1 Å². The molecule has 0 saturated heterocycles. The van der Waals surface area contributed by atoms with Gasteiger partial charge in [0.15, 0.2) is 0 Å². The number of hydrogen-bond donors (Lipinski definition) is 1. The molecule has 1 rings (SSSR count). The van der Waals surface area contributed by atoms with Gasteiger partial charge in [-0.15, -0.1) is 11.3 Å². The second-order valence-corrected chi connectivity index (χ2v) is 4.84. The zero-order valence-corrected chi connectivity index (χ0v) is 9.83. The lowest BCUT2D eigenvalue weighted by Gasteiger charge is -2.07. The van der Waals surface area contributed by atoms with Crippen molar-refractivity contribution in [1.82, 2.24) is 0 Å². The zero-order chi connectivity index (χ0) is 9.14. The summed E-state index contributed by atoms with van der Waals surface area (Å²) in [4.78, 5) is 1.41. The molecule has 68 valence electrons. The summed E-state index contributed by atoms with van der Waals surface area (Å²) < 4.78 is 1.05. The maximum atomic E-state index is 5.76. The van der Waals surface area contributed by atoms with E-state index >= 15 is 0 Å². The lowest BCUT2D eigenvalue weighted by Crippen LogP contribution is -1.90. The first-order chi connectivity index (χ1) is 5.69. The summed E-state index contributed by atoms with van der Waals surface area (Å²) >= 11 is 5.13. The molecule has 0 atom stereocenters. The number of nitrogen functional groups attached to an aromatic ring is 1. The first-order valence-electron chi connectivity index (χ1n) is 4.23. The summed E-state index contributed by atoms with van der Waals surface area (Å²) in [6.07, 6.45) is 2.39. The zero-order valence-electron chi connectivity index (χ0n) is 7.43. The van der Waals surface area contributed by atoms with Crippen molar-refractivity contribution in [2.75, 3.05) is 5.73 Å². The van der Waals surface area contributed by atoms with Crippen LogP contribution in [0, 0.1) is 0 Å². The van der Waals surface area contributed by atoms with E-state index in [1.54, 1.807) is 11.3 Å². The highest BCUT2D eigenvalue weighted by molar-refractivity contribution is 9.10. The second-order valence-electron chi connectivity index (χ2n) is 2.87. The molecule has 0 aliphatic rings. The molecule has 3 heteroatoms. The molecule has 0 unspecified atom stereocenters. The maximum Gasteiger partial charge on any atom is 0.100 e. The smallest absolute Gasteiger partial charge is 0.100 e. The molecule has 0 bridgehead atoms. The van der Waals surface area contributed by atoms with Gasteiger partial charge in [0.05, 0.1) is 4.47 Å². The van der Waals surface area contributed by atoms with Gasteiger partial charge in [-0.3, -0.25) is 0 Å². The lowest BCUT2D eigenvalue weighted by atomic mass is 10.0. The molecule has 0 saturated carbocycles. The minimum Gasteiger partial charge on any atom is -0.390 e. The van der Waals surface area contributed by atoms with E-state index in [-0.39, 0.29) is 0 Å².